The average molecular weight is 228 g/mol. The maximum absolute atomic E-state index is 11.6. The van der Waals surface area contributed by atoms with E-state index in [4.69, 9.17) is 4.74 Å². The number of rotatable bonds is 6. The zero-order chi connectivity index (χ0) is 11.8. The average Bonchev–Trinajstić information content (AvgIpc) is 2.28. The third-order valence-electron chi connectivity index (χ3n) is 2.97. The molecule has 1 rings (SSSR count). The molecule has 1 amide bonds. The Hall–Kier alpha value is -0.610. The van der Waals surface area contributed by atoms with Gasteiger partial charge in [0.2, 0.25) is 5.91 Å². The molecule has 16 heavy (non-hydrogen) atoms. The molecule has 0 aromatic rings. The van der Waals surface area contributed by atoms with E-state index in [0.29, 0.717) is 31.4 Å². The predicted molar refractivity (Wildman–Crippen MR) is 64.3 cm³/mol. The molecule has 1 heterocycles. The standard InChI is InChI=1S/C12H24N2O2/c1-10(9-16-2)7-14-12(15)6-11-4-3-5-13-8-11/h10-11,13H,3-9H2,1-2H3,(H,14,15). The number of hydrogen-bond donors (Lipinski definition) is 2. The predicted octanol–water partition coefficient (Wildman–Crippen LogP) is 0.775. The summed E-state index contributed by atoms with van der Waals surface area (Å²) < 4.78 is 5.02. The van der Waals surface area contributed by atoms with Crippen molar-refractivity contribution in [3.05, 3.63) is 0 Å². The molecule has 0 saturated carbocycles. The molecule has 94 valence electrons. The van der Waals surface area contributed by atoms with Gasteiger partial charge >= 0.3 is 0 Å². The van der Waals surface area contributed by atoms with Gasteiger partial charge in [0.25, 0.3) is 0 Å². The molecular weight excluding hydrogens is 204 g/mol. The first-order chi connectivity index (χ1) is 7.72. The topological polar surface area (TPSA) is 50.4 Å². The maximum atomic E-state index is 11.6. The highest BCUT2D eigenvalue weighted by molar-refractivity contribution is 5.76. The highest BCUT2D eigenvalue weighted by Gasteiger charge is 2.16. The van der Waals surface area contributed by atoms with Crippen molar-refractivity contribution in [2.45, 2.75) is 26.2 Å². The highest BCUT2D eigenvalue weighted by atomic mass is 16.5. The number of piperidine rings is 1. The van der Waals surface area contributed by atoms with E-state index in [1.54, 1.807) is 7.11 Å². The molecule has 0 spiro atoms. The largest absolute Gasteiger partial charge is 0.384 e. The fraction of sp³-hybridized carbons (Fsp3) is 0.917. The molecule has 0 aliphatic carbocycles. The Balaban J connectivity index is 2.10. The van der Waals surface area contributed by atoms with Gasteiger partial charge in [-0.05, 0) is 37.8 Å². The zero-order valence-corrected chi connectivity index (χ0v) is 10.4. The Labute approximate surface area is 98.1 Å². The molecule has 1 fully saturated rings. The van der Waals surface area contributed by atoms with Crippen LogP contribution in [0.4, 0.5) is 0 Å². The van der Waals surface area contributed by atoms with Crippen molar-refractivity contribution in [1.82, 2.24) is 10.6 Å². The van der Waals surface area contributed by atoms with Crippen LogP contribution in [0, 0.1) is 11.8 Å². The molecule has 4 heteroatoms. The van der Waals surface area contributed by atoms with E-state index in [1.165, 1.54) is 12.8 Å². The summed E-state index contributed by atoms with van der Waals surface area (Å²) in [6.07, 6.45) is 3.03. The number of hydrogen-bond acceptors (Lipinski definition) is 3. The van der Waals surface area contributed by atoms with E-state index in [1.807, 2.05) is 0 Å². The van der Waals surface area contributed by atoms with Crippen molar-refractivity contribution < 1.29 is 9.53 Å². The van der Waals surface area contributed by atoms with Crippen LogP contribution in [-0.2, 0) is 9.53 Å². The highest BCUT2D eigenvalue weighted by Crippen LogP contribution is 2.13. The van der Waals surface area contributed by atoms with Crippen LogP contribution < -0.4 is 10.6 Å². The summed E-state index contributed by atoms with van der Waals surface area (Å²) in [4.78, 5) is 11.6. The van der Waals surface area contributed by atoms with Gasteiger partial charge in [0, 0.05) is 20.1 Å². The first-order valence-electron chi connectivity index (χ1n) is 6.18. The number of carbonyl (C=O) groups is 1. The Morgan fingerprint density at radius 3 is 3.06 bits per heavy atom. The second-order valence-electron chi connectivity index (χ2n) is 4.78. The van der Waals surface area contributed by atoms with Crippen molar-refractivity contribution in [3.63, 3.8) is 0 Å². The molecule has 0 aromatic heterocycles. The maximum Gasteiger partial charge on any atom is 0.220 e. The minimum absolute atomic E-state index is 0.177. The molecule has 0 radical (unpaired) electrons. The molecular formula is C12H24N2O2. The van der Waals surface area contributed by atoms with Gasteiger partial charge in [0.05, 0.1) is 6.61 Å². The normalized spacial score (nSPS) is 22.8. The Kier molecular flexibility index (Phi) is 6.42. The van der Waals surface area contributed by atoms with E-state index in [-0.39, 0.29) is 5.91 Å². The van der Waals surface area contributed by atoms with Crippen molar-refractivity contribution in [2.75, 3.05) is 33.4 Å². The van der Waals surface area contributed by atoms with E-state index in [0.717, 1.165) is 13.1 Å². The molecule has 1 saturated heterocycles. The lowest BCUT2D eigenvalue weighted by Crippen LogP contribution is -2.35. The molecule has 2 unspecified atom stereocenters. The number of carbonyl (C=O) groups excluding carboxylic acids is 1. The third-order valence-corrected chi connectivity index (χ3v) is 2.97. The molecule has 2 atom stereocenters. The minimum Gasteiger partial charge on any atom is -0.384 e. The molecule has 4 nitrogen and oxygen atoms in total. The van der Waals surface area contributed by atoms with Gasteiger partial charge in [-0.2, -0.15) is 0 Å². The van der Waals surface area contributed by atoms with Gasteiger partial charge in [0.15, 0.2) is 0 Å². The van der Waals surface area contributed by atoms with Gasteiger partial charge in [-0.1, -0.05) is 6.92 Å². The van der Waals surface area contributed by atoms with Crippen LogP contribution in [-0.4, -0.2) is 39.3 Å². The van der Waals surface area contributed by atoms with Gasteiger partial charge in [0.1, 0.15) is 0 Å². The monoisotopic (exact) mass is 228 g/mol. The smallest absolute Gasteiger partial charge is 0.220 e. The molecule has 0 bridgehead atoms. The minimum atomic E-state index is 0.177. The SMILES string of the molecule is COCC(C)CNC(=O)CC1CCCNC1. The number of nitrogens with one attached hydrogen (secondary N) is 2. The lowest BCUT2D eigenvalue weighted by atomic mass is 9.96. The van der Waals surface area contributed by atoms with Crippen molar-refractivity contribution in [1.29, 1.82) is 0 Å². The Bertz CT molecular complexity index is 203. The van der Waals surface area contributed by atoms with Crippen molar-refractivity contribution >= 4 is 5.91 Å². The van der Waals surface area contributed by atoms with E-state index >= 15 is 0 Å². The van der Waals surface area contributed by atoms with Crippen LogP contribution >= 0.6 is 0 Å². The lowest BCUT2D eigenvalue weighted by Gasteiger charge is -2.22. The summed E-state index contributed by atoms with van der Waals surface area (Å²) in [5, 5.41) is 6.29. The van der Waals surface area contributed by atoms with Crippen LogP contribution in [0.25, 0.3) is 0 Å². The number of ether oxygens (including phenoxy) is 1. The van der Waals surface area contributed by atoms with Crippen molar-refractivity contribution in [3.8, 4) is 0 Å². The van der Waals surface area contributed by atoms with Crippen LogP contribution in [0.15, 0.2) is 0 Å². The number of amides is 1. The molecule has 2 N–H and O–H groups in total. The molecule has 1 aliphatic heterocycles. The van der Waals surface area contributed by atoms with E-state index in [9.17, 15) is 4.79 Å². The van der Waals surface area contributed by atoms with Gasteiger partial charge in [-0.25, -0.2) is 0 Å². The van der Waals surface area contributed by atoms with Gasteiger partial charge in [-0.15, -0.1) is 0 Å². The van der Waals surface area contributed by atoms with Crippen LogP contribution in [0.3, 0.4) is 0 Å². The summed E-state index contributed by atoms with van der Waals surface area (Å²) in [5.74, 6) is 1.08. The summed E-state index contributed by atoms with van der Waals surface area (Å²) in [6, 6.07) is 0. The van der Waals surface area contributed by atoms with Crippen LogP contribution in [0.1, 0.15) is 26.2 Å². The molecule has 0 aromatic carbocycles. The third kappa shape index (κ3) is 5.47. The summed E-state index contributed by atoms with van der Waals surface area (Å²) in [7, 11) is 1.69. The van der Waals surface area contributed by atoms with E-state index in [2.05, 4.69) is 17.6 Å². The Morgan fingerprint density at radius 1 is 1.62 bits per heavy atom. The fourth-order valence-electron chi connectivity index (χ4n) is 2.06. The second kappa shape index (κ2) is 7.63. The Morgan fingerprint density at radius 2 is 2.44 bits per heavy atom. The van der Waals surface area contributed by atoms with Crippen molar-refractivity contribution in [2.24, 2.45) is 11.8 Å². The van der Waals surface area contributed by atoms with Crippen LogP contribution in [0.5, 0.6) is 0 Å². The fourth-order valence-corrected chi connectivity index (χ4v) is 2.06. The molecule has 1 aliphatic rings. The first-order valence-corrected chi connectivity index (χ1v) is 6.18. The summed E-state index contributed by atoms with van der Waals surface area (Å²) >= 11 is 0. The second-order valence-corrected chi connectivity index (χ2v) is 4.78. The van der Waals surface area contributed by atoms with E-state index < -0.39 is 0 Å². The van der Waals surface area contributed by atoms with Crippen LogP contribution in [0.2, 0.25) is 0 Å². The summed E-state index contributed by atoms with van der Waals surface area (Å²) in [6.45, 7) is 5.58. The summed E-state index contributed by atoms with van der Waals surface area (Å²) in [5.41, 5.74) is 0. The number of methoxy groups -OCH3 is 1. The lowest BCUT2D eigenvalue weighted by molar-refractivity contribution is -0.122. The quantitative estimate of drug-likeness (QED) is 0.706. The zero-order valence-electron chi connectivity index (χ0n) is 10.4. The first kappa shape index (κ1) is 13.5. The van der Waals surface area contributed by atoms with Gasteiger partial charge < -0.3 is 15.4 Å². The van der Waals surface area contributed by atoms with Gasteiger partial charge in [-0.3, -0.25) is 4.79 Å².